The van der Waals surface area contributed by atoms with Gasteiger partial charge in [0.25, 0.3) is 0 Å². The van der Waals surface area contributed by atoms with Crippen molar-refractivity contribution in [3.05, 3.63) is 29.3 Å². The van der Waals surface area contributed by atoms with Gasteiger partial charge in [0.15, 0.2) is 0 Å². The molecule has 0 fully saturated rings. The van der Waals surface area contributed by atoms with E-state index in [-0.39, 0.29) is 5.75 Å². The number of aryl methyl sites for hydroxylation is 1. The molecule has 0 saturated heterocycles. The van der Waals surface area contributed by atoms with Gasteiger partial charge in [-0.05, 0) is 36.2 Å². The minimum Gasteiger partial charge on any atom is -0.508 e. The zero-order valence-corrected chi connectivity index (χ0v) is 5.76. The molecule has 0 amide bonds. The van der Waals surface area contributed by atoms with Gasteiger partial charge in [0, 0.05) is 6.21 Å². The summed E-state index contributed by atoms with van der Waals surface area (Å²) < 4.78 is 0. The van der Waals surface area contributed by atoms with Crippen LogP contribution in [0.5, 0.6) is 5.75 Å². The molecule has 2 heteroatoms. The first-order valence-electron chi connectivity index (χ1n) is 3.04. The molecule has 2 nitrogen and oxygen atoms in total. The second-order valence-corrected chi connectivity index (χ2v) is 2.19. The standard InChI is InChI=1S/C8H9NO/c1-6-4-8(10)3-2-7(6)5-9/h2-5,9-10H,1H3. The Morgan fingerprint density at radius 1 is 1.50 bits per heavy atom. The Kier molecular flexibility index (Phi) is 1.71. The van der Waals surface area contributed by atoms with Crippen molar-refractivity contribution >= 4 is 6.21 Å². The lowest BCUT2D eigenvalue weighted by atomic mass is 10.1. The van der Waals surface area contributed by atoms with Crippen LogP contribution in [-0.4, -0.2) is 11.3 Å². The fourth-order valence-electron chi connectivity index (χ4n) is 0.822. The van der Waals surface area contributed by atoms with E-state index in [0.29, 0.717) is 0 Å². The van der Waals surface area contributed by atoms with Crippen molar-refractivity contribution in [2.75, 3.05) is 0 Å². The number of hydrogen-bond donors (Lipinski definition) is 2. The first-order valence-corrected chi connectivity index (χ1v) is 3.04. The van der Waals surface area contributed by atoms with Crippen molar-refractivity contribution in [2.24, 2.45) is 0 Å². The number of aromatic hydroxyl groups is 1. The van der Waals surface area contributed by atoms with E-state index in [4.69, 9.17) is 10.5 Å². The molecule has 52 valence electrons. The van der Waals surface area contributed by atoms with E-state index in [9.17, 15) is 0 Å². The van der Waals surface area contributed by atoms with Crippen molar-refractivity contribution in [3.8, 4) is 5.75 Å². The van der Waals surface area contributed by atoms with Gasteiger partial charge in [-0.2, -0.15) is 0 Å². The summed E-state index contributed by atoms with van der Waals surface area (Å²) in [6, 6.07) is 4.94. The van der Waals surface area contributed by atoms with E-state index in [1.165, 1.54) is 6.21 Å². The third-order valence-corrected chi connectivity index (χ3v) is 1.41. The largest absolute Gasteiger partial charge is 0.508 e. The molecule has 0 aromatic heterocycles. The number of phenols is 1. The van der Waals surface area contributed by atoms with Gasteiger partial charge in [0.2, 0.25) is 0 Å². The quantitative estimate of drug-likeness (QED) is 0.565. The van der Waals surface area contributed by atoms with Gasteiger partial charge in [0.1, 0.15) is 5.75 Å². The minimum absolute atomic E-state index is 0.253. The maximum absolute atomic E-state index is 8.96. The monoisotopic (exact) mass is 135 g/mol. The fourth-order valence-corrected chi connectivity index (χ4v) is 0.822. The average molecular weight is 135 g/mol. The minimum atomic E-state index is 0.253. The normalized spacial score (nSPS) is 9.30. The summed E-state index contributed by atoms with van der Waals surface area (Å²) in [6.45, 7) is 1.86. The van der Waals surface area contributed by atoms with Gasteiger partial charge in [-0.15, -0.1) is 0 Å². The molecule has 1 aromatic rings. The van der Waals surface area contributed by atoms with Crippen LogP contribution in [0.3, 0.4) is 0 Å². The highest BCUT2D eigenvalue weighted by atomic mass is 16.3. The Labute approximate surface area is 59.6 Å². The van der Waals surface area contributed by atoms with Crippen LogP contribution >= 0.6 is 0 Å². The summed E-state index contributed by atoms with van der Waals surface area (Å²) >= 11 is 0. The molecular formula is C8H9NO. The second-order valence-electron chi connectivity index (χ2n) is 2.19. The number of benzene rings is 1. The predicted molar refractivity (Wildman–Crippen MR) is 40.7 cm³/mol. The van der Waals surface area contributed by atoms with Crippen molar-refractivity contribution < 1.29 is 5.11 Å². The van der Waals surface area contributed by atoms with Crippen LogP contribution < -0.4 is 0 Å². The second kappa shape index (κ2) is 2.52. The molecule has 2 N–H and O–H groups in total. The lowest BCUT2D eigenvalue weighted by Gasteiger charge is -1.97. The molecule has 0 radical (unpaired) electrons. The number of hydrogen-bond acceptors (Lipinski definition) is 2. The Morgan fingerprint density at radius 3 is 2.70 bits per heavy atom. The third-order valence-electron chi connectivity index (χ3n) is 1.41. The van der Waals surface area contributed by atoms with Gasteiger partial charge < -0.3 is 10.5 Å². The number of nitrogens with one attached hydrogen (secondary N) is 1. The zero-order valence-electron chi connectivity index (χ0n) is 5.76. The van der Waals surface area contributed by atoms with Crippen LogP contribution in [0.4, 0.5) is 0 Å². The van der Waals surface area contributed by atoms with Gasteiger partial charge in [-0.3, -0.25) is 0 Å². The van der Waals surface area contributed by atoms with Crippen LogP contribution in [0.2, 0.25) is 0 Å². The smallest absolute Gasteiger partial charge is 0.115 e. The Balaban J connectivity index is 3.19. The topological polar surface area (TPSA) is 44.1 Å². The third kappa shape index (κ3) is 1.16. The van der Waals surface area contributed by atoms with Gasteiger partial charge in [-0.1, -0.05) is 0 Å². The van der Waals surface area contributed by atoms with Gasteiger partial charge in [0.05, 0.1) is 0 Å². The number of phenolic OH excluding ortho intramolecular Hbond substituents is 1. The van der Waals surface area contributed by atoms with Crippen LogP contribution in [0.25, 0.3) is 0 Å². The Morgan fingerprint density at radius 2 is 2.20 bits per heavy atom. The molecule has 1 rings (SSSR count). The number of rotatable bonds is 1. The van der Waals surface area contributed by atoms with Gasteiger partial charge >= 0.3 is 0 Å². The molecule has 0 spiro atoms. The van der Waals surface area contributed by atoms with Crippen molar-refractivity contribution in [1.82, 2.24) is 0 Å². The van der Waals surface area contributed by atoms with Crippen LogP contribution in [0.15, 0.2) is 18.2 Å². The first kappa shape index (κ1) is 6.81. The molecule has 0 aliphatic rings. The molecule has 0 atom stereocenters. The lowest BCUT2D eigenvalue weighted by Crippen LogP contribution is -1.83. The molecule has 0 aliphatic carbocycles. The zero-order chi connectivity index (χ0) is 7.56. The molecule has 10 heavy (non-hydrogen) atoms. The summed E-state index contributed by atoms with van der Waals surface area (Å²) in [5.74, 6) is 0.253. The fraction of sp³-hybridized carbons (Fsp3) is 0.125. The highest BCUT2D eigenvalue weighted by Gasteiger charge is 1.93. The van der Waals surface area contributed by atoms with E-state index in [0.717, 1.165) is 11.1 Å². The van der Waals surface area contributed by atoms with E-state index in [2.05, 4.69) is 0 Å². The van der Waals surface area contributed by atoms with Crippen molar-refractivity contribution in [1.29, 1.82) is 5.41 Å². The molecule has 0 saturated carbocycles. The van der Waals surface area contributed by atoms with Crippen molar-refractivity contribution in [2.45, 2.75) is 6.92 Å². The molecule has 0 bridgehead atoms. The summed E-state index contributed by atoms with van der Waals surface area (Å²) in [6.07, 6.45) is 1.27. The summed E-state index contributed by atoms with van der Waals surface area (Å²) in [4.78, 5) is 0. The van der Waals surface area contributed by atoms with Crippen LogP contribution in [-0.2, 0) is 0 Å². The molecular weight excluding hydrogens is 126 g/mol. The summed E-state index contributed by atoms with van der Waals surface area (Å²) in [5, 5.41) is 15.9. The highest BCUT2D eigenvalue weighted by molar-refractivity contribution is 5.79. The maximum atomic E-state index is 8.96. The molecule has 0 heterocycles. The van der Waals surface area contributed by atoms with E-state index < -0.39 is 0 Å². The molecule has 1 aromatic carbocycles. The SMILES string of the molecule is Cc1cc(O)ccc1C=N. The van der Waals surface area contributed by atoms with E-state index in [1.807, 2.05) is 6.92 Å². The highest BCUT2D eigenvalue weighted by Crippen LogP contribution is 2.13. The van der Waals surface area contributed by atoms with Crippen LogP contribution in [0.1, 0.15) is 11.1 Å². The summed E-state index contributed by atoms with van der Waals surface area (Å²) in [5.41, 5.74) is 1.77. The average Bonchev–Trinajstić information content (AvgIpc) is 1.88. The molecule has 0 aliphatic heterocycles. The van der Waals surface area contributed by atoms with Crippen molar-refractivity contribution in [3.63, 3.8) is 0 Å². The summed E-state index contributed by atoms with van der Waals surface area (Å²) in [7, 11) is 0. The predicted octanol–water partition coefficient (Wildman–Crippen LogP) is 1.70. The maximum Gasteiger partial charge on any atom is 0.115 e. The van der Waals surface area contributed by atoms with E-state index >= 15 is 0 Å². The Bertz CT molecular complexity index is 255. The van der Waals surface area contributed by atoms with Crippen LogP contribution in [0, 0.1) is 12.3 Å². The van der Waals surface area contributed by atoms with E-state index in [1.54, 1.807) is 18.2 Å². The lowest BCUT2D eigenvalue weighted by molar-refractivity contribution is 0.475. The Hall–Kier alpha value is -1.31. The molecule has 0 unspecified atom stereocenters. The first-order chi connectivity index (χ1) is 4.74. The van der Waals surface area contributed by atoms with Gasteiger partial charge in [-0.25, -0.2) is 0 Å².